The van der Waals surface area contributed by atoms with Crippen LogP contribution in [-0.4, -0.2) is 12.0 Å². The van der Waals surface area contributed by atoms with Gasteiger partial charge in [0.15, 0.2) is 0 Å². The fraction of sp³-hybridized carbons (Fsp3) is 0.250. The van der Waals surface area contributed by atoms with Gasteiger partial charge in [0.1, 0.15) is 5.76 Å². The number of halogens is 1. The molecule has 0 atom stereocenters. The van der Waals surface area contributed by atoms with Gasteiger partial charge in [-0.3, -0.25) is 10.1 Å². The molecule has 0 aromatic rings. The Morgan fingerprint density at radius 1 is 1.69 bits per heavy atom. The molecule has 13 heavy (non-hydrogen) atoms. The number of ether oxygens (including phenoxy) is 1. The van der Waals surface area contributed by atoms with E-state index in [-0.39, 0.29) is 5.70 Å². The fourth-order valence-corrected chi connectivity index (χ4v) is 1.37. The Hall–Kier alpha value is -1.10. The molecule has 0 aromatic carbocycles. The van der Waals surface area contributed by atoms with Crippen LogP contribution >= 0.6 is 15.9 Å². The van der Waals surface area contributed by atoms with E-state index >= 15 is 0 Å². The normalized spacial score (nSPS) is 16.6. The van der Waals surface area contributed by atoms with Gasteiger partial charge in [0.05, 0.1) is 22.6 Å². The van der Waals surface area contributed by atoms with Crippen LogP contribution in [0, 0.1) is 10.1 Å². The van der Waals surface area contributed by atoms with Crippen LogP contribution in [0.15, 0.2) is 34.2 Å². The average molecular weight is 246 g/mol. The van der Waals surface area contributed by atoms with Crippen molar-refractivity contribution in [1.82, 2.24) is 0 Å². The lowest BCUT2D eigenvalue weighted by Gasteiger charge is -1.97. The molecule has 0 saturated heterocycles. The first-order chi connectivity index (χ1) is 6.15. The van der Waals surface area contributed by atoms with Crippen molar-refractivity contribution >= 4 is 15.9 Å². The van der Waals surface area contributed by atoms with E-state index in [0.29, 0.717) is 16.7 Å². The van der Waals surface area contributed by atoms with E-state index in [1.807, 2.05) is 0 Å². The van der Waals surface area contributed by atoms with Crippen molar-refractivity contribution in [2.75, 3.05) is 7.11 Å². The minimum atomic E-state index is -0.434. The molecule has 0 spiro atoms. The highest BCUT2D eigenvalue weighted by atomic mass is 79.9. The van der Waals surface area contributed by atoms with Crippen molar-refractivity contribution in [3.63, 3.8) is 0 Å². The Labute approximate surface area is 83.9 Å². The van der Waals surface area contributed by atoms with Gasteiger partial charge in [-0.15, -0.1) is 0 Å². The molecule has 1 aliphatic carbocycles. The van der Waals surface area contributed by atoms with Crippen molar-refractivity contribution in [2.24, 2.45) is 0 Å². The minimum Gasteiger partial charge on any atom is -0.497 e. The summed E-state index contributed by atoms with van der Waals surface area (Å²) in [4.78, 5) is 10.1. The third-order valence-corrected chi connectivity index (χ3v) is 2.30. The molecule has 0 bridgehead atoms. The summed E-state index contributed by atoms with van der Waals surface area (Å²) in [5, 5.41) is 10.6. The largest absolute Gasteiger partial charge is 0.497 e. The summed E-state index contributed by atoms with van der Waals surface area (Å²) in [7, 11) is 1.48. The zero-order valence-corrected chi connectivity index (χ0v) is 8.58. The molecule has 0 unspecified atom stereocenters. The van der Waals surface area contributed by atoms with Crippen LogP contribution in [0.5, 0.6) is 0 Å². The molecule has 0 aromatic heterocycles. The molecule has 4 nitrogen and oxygen atoms in total. The maximum atomic E-state index is 10.6. The number of hydrogen-bond donors (Lipinski definition) is 0. The highest BCUT2D eigenvalue weighted by molar-refractivity contribution is 9.11. The maximum Gasteiger partial charge on any atom is 0.283 e. The summed E-state index contributed by atoms with van der Waals surface area (Å²) in [6.45, 7) is 0. The van der Waals surface area contributed by atoms with Gasteiger partial charge in [0, 0.05) is 6.42 Å². The molecule has 1 rings (SSSR count). The zero-order valence-electron chi connectivity index (χ0n) is 6.99. The number of hydrogen-bond acceptors (Lipinski definition) is 3. The summed E-state index contributed by atoms with van der Waals surface area (Å²) in [6, 6.07) is 0. The summed E-state index contributed by atoms with van der Waals surface area (Å²) >= 11 is 3.15. The van der Waals surface area contributed by atoms with Gasteiger partial charge in [-0.1, -0.05) is 6.08 Å². The number of nitrogens with zero attached hydrogens (tertiary/aromatic N) is 1. The Kier molecular flexibility index (Phi) is 3.25. The van der Waals surface area contributed by atoms with Crippen molar-refractivity contribution in [3.8, 4) is 0 Å². The number of rotatable bonds is 2. The second-order valence-electron chi connectivity index (χ2n) is 2.40. The minimum absolute atomic E-state index is 0.0434. The summed E-state index contributed by atoms with van der Waals surface area (Å²) in [6.07, 6.45) is 5.42. The number of methoxy groups -OCH3 is 1. The van der Waals surface area contributed by atoms with Crippen molar-refractivity contribution < 1.29 is 9.66 Å². The predicted octanol–water partition coefficient (Wildman–Crippen LogP) is 2.36. The standard InChI is InChI=1S/C8H8BrNO3/c1-13-6-3-2-4-7(9)8(5-6)10(11)12/h2-3,5H,4H2,1H3. The topological polar surface area (TPSA) is 52.4 Å². The molecule has 5 heteroatoms. The lowest BCUT2D eigenvalue weighted by Crippen LogP contribution is -1.98. The zero-order chi connectivity index (χ0) is 9.84. The second-order valence-corrected chi connectivity index (χ2v) is 3.36. The molecule has 0 fully saturated rings. The molecule has 70 valence electrons. The van der Waals surface area contributed by atoms with Gasteiger partial charge in [-0.05, 0) is 22.0 Å². The van der Waals surface area contributed by atoms with Gasteiger partial charge >= 0.3 is 0 Å². The smallest absolute Gasteiger partial charge is 0.283 e. The van der Waals surface area contributed by atoms with Crippen LogP contribution < -0.4 is 0 Å². The van der Waals surface area contributed by atoms with E-state index in [1.54, 1.807) is 12.2 Å². The lowest BCUT2D eigenvalue weighted by molar-refractivity contribution is -0.419. The molecule has 0 heterocycles. The lowest BCUT2D eigenvalue weighted by atomic mass is 10.3. The second kappa shape index (κ2) is 4.23. The van der Waals surface area contributed by atoms with Crippen molar-refractivity contribution in [1.29, 1.82) is 0 Å². The first-order valence-electron chi connectivity index (χ1n) is 3.60. The molecular weight excluding hydrogens is 238 g/mol. The molecule has 0 aliphatic heterocycles. The number of nitro groups is 1. The van der Waals surface area contributed by atoms with E-state index in [0.717, 1.165) is 0 Å². The van der Waals surface area contributed by atoms with Crippen molar-refractivity contribution in [2.45, 2.75) is 6.42 Å². The van der Waals surface area contributed by atoms with Crippen LogP contribution in [-0.2, 0) is 4.74 Å². The third kappa shape index (κ3) is 2.42. The molecule has 0 amide bonds. The summed E-state index contributed by atoms with van der Waals surface area (Å²) in [5.41, 5.74) is 0.0434. The SMILES string of the molecule is COC1=CC([N+](=O)[O-])=C(Br)CC=C1. The van der Waals surface area contributed by atoms with E-state index in [4.69, 9.17) is 4.74 Å². The Morgan fingerprint density at radius 3 is 2.92 bits per heavy atom. The highest BCUT2D eigenvalue weighted by Gasteiger charge is 2.16. The monoisotopic (exact) mass is 245 g/mol. The van der Waals surface area contributed by atoms with Gasteiger partial charge in [0.2, 0.25) is 0 Å². The van der Waals surface area contributed by atoms with Gasteiger partial charge in [-0.2, -0.15) is 0 Å². The van der Waals surface area contributed by atoms with Crippen LogP contribution in [0.1, 0.15) is 6.42 Å². The van der Waals surface area contributed by atoms with E-state index in [9.17, 15) is 10.1 Å². The molecule has 0 radical (unpaired) electrons. The summed E-state index contributed by atoms with van der Waals surface area (Å²) in [5.74, 6) is 0.487. The Bertz CT molecular complexity index is 317. The third-order valence-electron chi connectivity index (χ3n) is 1.57. The van der Waals surface area contributed by atoms with Gasteiger partial charge < -0.3 is 4.74 Å². The fourth-order valence-electron chi connectivity index (χ4n) is 0.923. The van der Waals surface area contributed by atoms with Gasteiger partial charge in [-0.25, -0.2) is 0 Å². The van der Waals surface area contributed by atoms with Crippen LogP contribution in [0.2, 0.25) is 0 Å². The molecule has 0 saturated carbocycles. The van der Waals surface area contributed by atoms with E-state index in [2.05, 4.69) is 15.9 Å². The predicted molar refractivity (Wildman–Crippen MR) is 51.8 cm³/mol. The van der Waals surface area contributed by atoms with Crippen molar-refractivity contribution in [3.05, 3.63) is 44.3 Å². The maximum absolute atomic E-state index is 10.6. The first kappa shape index (κ1) is 9.98. The van der Waals surface area contributed by atoms with E-state index in [1.165, 1.54) is 13.2 Å². The first-order valence-corrected chi connectivity index (χ1v) is 4.39. The Morgan fingerprint density at radius 2 is 2.38 bits per heavy atom. The molecular formula is C8H8BrNO3. The highest BCUT2D eigenvalue weighted by Crippen LogP contribution is 2.23. The Balaban J connectivity index is 3.08. The number of allylic oxidation sites excluding steroid dienone is 4. The quantitative estimate of drug-likeness (QED) is 0.555. The van der Waals surface area contributed by atoms with E-state index < -0.39 is 4.92 Å². The average Bonchev–Trinajstić information content (AvgIpc) is 2.26. The van der Waals surface area contributed by atoms with Crippen LogP contribution in [0.3, 0.4) is 0 Å². The molecule has 0 N–H and O–H groups in total. The summed E-state index contributed by atoms with van der Waals surface area (Å²) < 4.78 is 5.47. The van der Waals surface area contributed by atoms with Gasteiger partial charge in [0.25, 0.3) is 5.70 Å². The molecule has 1 aliphatic rings. The van der Waals surface area contributed by atoms with Crippen LogP contribution in [0.25, 0.3) is 0 Å². The van der Waals surface area contributed by atoms with Crippen LogP contribution in [0.4, 0.5) is 0 Å².